The van der Waals surface area contributed by atoms with Crippen molar-refractivity contribution in [2.24, 2.45) is 0 Å². The second-order valence-corrected chi connectivity index (χ2v) is 6.36. The van der Waals surface area contributed by atoms with Crippen LogP contribution in [0.4, 0.5) is 0 Å². The van der Waals surface area contributed by atoms with Gasteiger partial charge < -0.3 is 10.1 Å². The number of hydrogen-bond acceptors (Lipinski definition) is 5. The zero-order valence-corrected chi connectivity index (χ0v) is 12.2. The highest BCUT2D eigenvalue weighted by Crippen LogP contribution is 2.23. The van der Waals surface area contributed by atoms with Crippen molar-refractivity contribution in [2.75, 3.05) is 37.5 Å². The maximum Gasteiger partial charge on any atom is 0.333 e. The van der Waals surface area contributed by atoms with Crippen molar-refractivity contribution in [1.29, 1.82) is 0 Å². The van der Waals surface area contributed by atoms with Gasteiger partial charge in [-0.15, -0.1) is 0 Å². The van der Waals surface area contributed by atoms with Crippen LogP contribution in [-0.2, 0) is 9.53 Å². The fraction of sp³-hybridized carbons (Fsp3) is 0.750. The minimum atomic E-state index is -0.211. The third-order valence-corrected chi connectivity index (χ3v) is 5.42. The molecule has 17 heavy (non-hydrogen) atoms. The largest absolute Gasteiger partial charge is 0.466 e. The molecule has 0 amide bonds. The van der Waals surface area contributed by atoms with Gasteiger partial charge >= 0.3 is 5.97 Å². The number of carbonyl (C=O) groups is 1. The Labute approximate surface area is 112 Å². The third kappa shape index (κ3) is 5.84. The van der Waals surface area contributed by atoms with Crippen LogP contribution in [0.1, 0.15) is 13.3 Å². The topological polar surface area (TPSA) is 38.3 Å². The van der Waals surface area contributed by atoms with E-state index in [0.717, 1.165) is 25.1 Å². The lowest BCUT2D eigenvalue weighted by molar-refractivity contribution is -0.136. The van der Waals surface area contributed by atoms with Gasteiger partial charge in [0.05, 0.1) is 7.11 Å². The van der Waals surface area contributed by atoms with Crippen LogP contribution in [0, 0.1) is 0 Å². The molecule has 0 radical (unpaired) electrons. The van der Waals surface area contributed by atoms with E-state index in [2.05, 4.69) is 5.32 Å². The highest BCUT2D eigenvalue weighted by molar-refractivity contribution is 8.06. The Kier molecular flexibility index (Phi) is 7.81. The predicted octanol–water partition coefficient (Wildman–Crippen LogP) is 1.93. The molecular weight excluding hydrogens is 254 g/mol. The fourth-order valence-corrected chi connectivity index (χ4v) is 4.24. The molecule has 98 valence electrons. The van der Waals surface area contributed by atoms with Crippen LogP contribution in [-0.4, -0.2) is 48.7 Å². The van der Waals surface area contributed by atoms with Gasteiger partial charge in [-0.1, -0.05) is 13.0 Å². The molecule has 1 atom stereocenters. The van der Waals surface area contributed by atoms with Gasteiger partial charge in [0.15, 0.2) is 0 Å². The molecule has 0 aliphatic carbocycles. The Morgan fingerprint density at radius 3 is 2.94 bits per heavy atom. The first kappa shape index (κ1) is 14.9. The van der Waals surface area contributed by atoms with Gasteiger partial charge in [0, 0.05) is 41.2 Å². The summed E-state index contributed by atoms with van der Waals surface area (Å²) in [6.45, 7) is 3.74. The molecular formula is C12H21NO2S2. The molecule has 0 saturated carbocycles. The quantitative estimate of drug-likeness (QED) is 0.455. The molecule has 0 aromatic heterocycles. The molecule has 1 unspecified atom stereocenters. The minimum Gasteiger partial charge on any atom is -0.466 e. The molecule has 1 saturated heterocycles. The first-order valence-corrected chi connectivity index (χ1v) is 8.15. The number of hydrogen-bond donors (Lipinski definition) is 1. The number of carbonyl (C=O) groups excluding carboxylic acids is 1. The Bertz CT molecular complexity index is 263. The molecule has 1 aliphatic rings. The second kappa shape index (κ2) is 8.89. The van der Waals surface area contributed by atoms with Gasteiger partial charge in [0.2, 0.25) is 0 Å². The van der Waals surface area contributed by atoms with E-state index in [1.165, 1.54) is 24.4 Å². The van der Waals surface area contributed by atoms with Crippen molar-refractivity contribution in [3.8, 4) is 0 Å². The summed E-state index contributed by atoms with van der Waals surface area (Å²) in [4.78, 5) is 11.3. The third-order valence-electron chi connectivity index (χ3n) is 2.58. The molecule has 1 heterocycles. The number of methoxy groups -OCH3 is 1. The van der Waals surface area contributed by atoms with Crippen molar-refractivity contribution >= 4 is 29.5 Å². The normalized spacial score (nSPS) is 21.3. The van der Waals surface area contributed by atoms with Crippen LogP contribution in [0.15, 0.2) is 11.6 Å². The van der Waals surface area contributed by atoms with Gasteiger partial charge in [-0.25, -0.2) is 4.79 Å². The molecule has 0 aromatic carbocycles. The van der Waals surface area contributed by atoms with Crippen LogP contribution in [0.3, 0.4) is 0 Å². The average Bonchev–Trinajstić information content (AvgIpc) is 2.39. The number of rotatable bonds is 6. The van der Waals surface area contributed by atoms with E-state index < -0.39 is 0 Å². The maximum atomic E-state index is 11.3. The first-order chi connectivity index (χ1) is 8.27. The summed E-state index contributed by atoms with van der Waals surface area (Å²) in [6.07, 6.45) is 2.66. The Morgan fingerprint density at radius 2 is 2.35 bits per heavy atom. The second-order valence-electron chi connectivity index (χ2n) is 3.80. The van der Waals surface area contributed by atoms with Crippen molar-refractivity contribution in [3.63, 3.8) is 0 Å². The lowest BCUT2D eigenvalue weighted by atomic mass is 10.2. The highest BCUT2D eigenvalue weighted by atomic mass is 32.2. The Hall–Kier alpha value is -0.130. The number of esters is 1. The van der Waals surface area contributed by atoms with E-state index in [9.17, 15) is 4.79 Å². The molecule has 5 heteroatoms. The van der Waals surface area contributed by atoms with E-state index in [1.807, 2.05) is 36.5 Å². The highest BCUT2D eigenvalue weighted by Gasteiger charge is 2.13. The summed E-state index contributed by atoms with van der Waals surface area (Å²) in [6, 6.07) is 0. The summed E-state index contributed by atoms with van der Waals surface area (Å²) in [5.74, 6) is 3.56. The first-order valence-electron chi connectivity index (χ1n) is 5.95. The Morgan fingerprint density at radius 1 is 1.53 bits per heavy atom. The van der Waals surface area contributed by atoms with Gasteiger partial charge in [-0.2, -0.15) is 23.5 Å². The van der Waals surface area contributed by atoms with Crippen LogP contribution in [0.5, 0.6) is 0 Å². The van der Waals surface area contributed by atoms with E-state index in [0.29, 0.717) is 5.25 Å². The predicted molar refractivity (Wildman–Crippen MR) is 76.8 cm³/mol. The number of thioether (sulfide) groups is 2. The van der Waals surface area contributed by atoms with Crippen LogP contribution < -0.4 is 5.32 Å². The lowest BCUT2D eigenvalue weighted by Crippen LogP contribution is -2.29. The maximum absolute atomic E-state index is 11.3. The van der Waals surface area contributed by atoms with E-state index in [1.54, 1.807) is 0 Å². The molecule has 0 spiro atoms. The summed E-state index contributed by atoms with van der Waals surface area (Å²) < 4.78 is 4.71. The number of nitrogens with one attached hydrogen (secondary N) is 1. The van der Waals surface area contributed by atoms with E-state index in [4.69, 9.17) is 4.74 Å². The zero-order chi connectivity index (χ0) is 12.5. The molecule has 1 N–H and O–H groups in total. The smallest absolute Gasteiger partial charge is 0.333 e. The summed E-state index contributed by atoms with van der Waals surface area (Å²) in [5.41, 5.74) is 0.755. The fourth-order valence-electron chi connectivity index (χ4n) is 1.60. The molecule has 3 nitrogen and oxygen atoms in total. The van der Waals surface area contributed by atoms with Gasteiger partial charge in [0.25, 0.3) is 0 Å². The monoisotopic (exact) mass is 275 g/mol. The molecule has 0 bridgehead atoms. The summed E-state index contributed by atoms with van der Waals surface area (Å²) in [7, 11) is 1.43. The van der Waals surface area contributed by atoms with Crippen molar-refractivity contribution in [1.82, 2.24) is 5.32 Å². The average molecular weight is 275 g/mol. The van der Waals surface area contributed by atoms with Crippen LogP contribution in [0.2, 0.25) is 0 Å². The zero-order valence-electron chi connectivity index (χ0n) is 10.5. The minimum absolute atomic E-state index is 0.211. The van der Waals surface area contributed by atoms with Crippen LogP contribution in [0.25, 0.3) is 0 Å². The van der Waals surface area contributed by atoms with Crippen LogP contribution >= 0.6 is 23.5 Å². The van der Waals surface area contributed by atoms with E-state index >= 15 is 0 Å². The Balaban J connectivity index is 2.20. The van der Waals surface area contributed by atoms with Gasteiger partial charge in [-0.05, 0) is 6.42 Å². The van der Waals surface area contributed by atoms with E-state index in [-0.39, 0.29) is 5.97 Å². The standard InChI is InChI=1S/C12H21NO2S2/c1-3-10(12(14)15-2)4-5-13-8-11-9-16-6-7-17-11/h4,11,13H,3,5-9H2,1-2H3. The van der Waals surface area contributed by atoms with Crippen molar-refractivity contribution in [2.45, 2.75) is 18.6 Å². The lowest BCUT2D eigenvalue weighted by Gasteiger charge is -2.20. The molecule has 0 aromatic rings. The molecule has 1 rings (SSSR count). The van der Waals surface area contributed by atoms with Gasteiger partial charge in [-0.3, -0.25) is 0 Å². The molecule has 1 fully saturated rings. The number of ether oxygens (including phenoxy) is 1. The van der Waals surface area contributed by atoms with Crippen molar-refractivity contribution < 1.29 is 9.53 Å². The summed E-state index contributed by atoms with van der Waals surface area (Å²) >= 11 is 4.07. The molecule has 1 aliphatic heterocycles. The van der Waals surface area contributed by atoms with Crippen molar-refractivity contribution in [3.05, 3.63) is 11.6 Å². The van der Waals surface area contributed by atoms with Gasteiger partial charge in [0.1, 0.15) is 0 Å². The SMILES string of the molecule is CCC(=CCNCC1CSCCS1)C(=O)OC. The summed E-state index contributed by atoms with van der Waals surface area (Å²) in [5, 5.41) is 4.09.